The molecule has 3 aromatic rings. The van der Waals surface area contributed by atoms with E-state index in [9.17, 15) is 4.79 Å². The lowest BCUT2D eigenvalue weighted by Crippen LogP contribution is -2.36. The number of aryl methyl sites for hydroxylation is 1. The van der Waals surface area contributed by atoms with E-state index in [1.807, 2.05) is 49.4 Å². The number of anilines is 1. The van der Waals surface area contributed by atoms with Gasteiger partial charge in [0.05, 0.1) is 6.04 Å². The molecule has 0 aliphatic heterocycles. The maximum atomic E-state index is 13.3. The molecule has 0 bridgehead atoms. The summed E-state index contributed by atoms with van der Waals surface area (Å²) in [6.45, 7) is 4.06. The van der Waals surface area contributed by atoms with E-state index in [-0.39, 0.29) is 11.9 Å². The van der Waals surface area contributed by atoms with Crippen molar-refractivity contribution in [2.24, 2.45) is 0 Å². The molecule has 1 saturated carbocycles. The molecule has 32 heavy (non-hydrogen) atoms. The predicted molar refractivity (Wildman–Crippen MR) is 130 cm³/mol. The summed E-state index contributed by atoms with van der Waals surface area (Å²) in [4.78, 5) is 25.0. The third-order valence-corrected chi connectivity index (χ3v) is 6.39. The lowest BCUT2D eigenvalue weighted by Gasteiger charge is -2.33. The van der Waals surface area contributed by atoms with Gasteiger partial charge in [-0.25, -0.2) is 9.97 Å². The summed E-state index contributed by atoms with van der Waals surface area (Å²) in [6, 6.07) is 18.5. The molecule has 0 spiro atoms. The van der Waals surface area contributed by atoms with Crippen molar-refractivity contribution in [1.29, 1.82) is 0 Å². The Morgan fingerprint density at radius 2 is 1.81 bits per heavy atom. The molecular weight excluding hydrogens is 396 g/mol. The molecule has 1 atom stereocenters. The Kier molecular flexibility index (Phi) is 6.84. The number of hydrogen-bond donors (Lipinski definition) is 1. The molecule has 1 aliphatic carbocycles. The first kappa shape index (κ1) is 22.0. The van der Waals surface area contributed by atoms with Crippen LogP contribution in [0.4, 0.5) is 5.82 Å². The monoisotopic (exact) mass is 428 g/mol. The van der Waals surface area contributed by atoms with Crippen LogP contribution in [-0.2, 0) is 0 Å². The second-order valence-corrected chi connectivity index (χ2v) is 8.81. The summed E-state index contributed by atoms with van der Waals surface area (Å²) in [6.07, 6.45) is 7.66. The molecule has 2 aromatic carbocycles. The zero-order valence-corrected chi connectivity index (χ0v) is 19.2. The van der Waals surface area contributed by atoms with Crippen molar-refractivity contribution in [3.05, 3.63) is 77.5 Å². The van der Waals surface area contributed by atoms with Crippen molar-refractivity contribution >= 4 is 11.7 Å². The number of nitrogens with zero attached hydrogens (tertiary/aromatic N) is 3. The van der Waals surface area contributed by atoms with Crippen molar-refractivity contribution in [2.45, 2.75) is 58.0 Å². The zero-order valence-electron chi connectivity index (χ0n) is 19.2. The fourth-order valence-electron chi connectivity index (χ4n) is 4.47. The van der Waals surface area contributed by atoms with Crippen molar-refractivity contribution in [3.8, 4) is 11.4 Å². The third kappa shape index (κ3) is 4.98. The summed E-state index contributed by atoms with van der Waals surface area (Å²) < 4.78 is 0. The summed E-state index contributed by atoms with van der Waals surface area (Å²) >= 11 is 0. The largest absolute Gasteiger partial charge is 0.356 e. The van der Waals surface area contributed by atoms with E-state index in [2.05, 4.69) is 41.3 Å². The number of amides is 1. The average molecular weight is 429 g/mol. The lowest BCUT2D eigenvalue weighted by atomic mass is 9.94. The molecule has 4 rings (SSSR count). The summed E-state index contributed by atoms with van der Waals surface area (Å²) in [5, 5.41) is 3.13. The van der Waals surface area contributed by atoms with Gasteiger partial charge in [-0.2, -0.15) is 0 Å². The Bertz CT molecular complexity index is 1060. The van der Waals surface area contributed by atoms with Gasteiger partial charge in [0.15, 0.2) is 5.82 Å². The fourth-order valence-corrected chi connectivity index (χ4v) is 4.47. The Labute approximate surface area is 190 Å². The number of carbonyl (C=O) groups excluding carboxylic acids is 1. The average Bonchev–Trinajstić information content (AvgIpc) is 2.84. The predicted octanol–water partition coefficient (Wildman–Crippen LogP) is 5.71. The second-order valence-electron chi connectivity index (χ2n) is 8.81. The van der Waals surface area contributed by atoms with E-state index in [1.54, 1.807) is 6.20 Å². The minimum atomic E-state index is -0.144. The fraction of sp³-hybridized carbons (Fsp3) is 0.370. The van der Waals surface area contributed by atoms with Crippen LogP contribution >= 0.6 is 0 Å². The first-order valence-corrected chi connectivity index (χ1v) is 11.6. The molecule has 1 fully saturated rings. The highest BCUT2D eigenvalue weighted by Gasteiger charge is 2.25. The highest BCUT2D eigenvalue weighted by atomic mass is 16.1. The van der Waals surface area contributed by atoms with E-state index < -0.39 is 0 Å². The van der Waals surface area contributed by atoms with E-state index in [4.69, 9.17) is 4.98 Å². The molecule has 166 valence electrons. The quantitative estimate of drug-likeness (QED) is 0.546. The van der Waals surface area contributed by atoms with Gasteiger partial charge in [0.25, 0.3) is 5.91 Å². The Hall–Kier alpha value is -3.21. The van der Waals surface area contributed by atoms with Gasteiger partial charge in [0.1, 0.15) is 11.4 Å². The second kappa shape index (κ2) is 9.94. The number of nitrogens with one attached hydrogen (secondary N) is 1. The highest BCUT2D eigenvalue weighted by molar-refractivity contribution is 5.99. The Morgan fingerprint density at radius 1 is 1.06 bits per heavy atom. The van der Waals surface area contributed by atoms with Gasteiger partial charge in [0, 0.05) is 24.8 Å². The Balaban J connectivity index is 1.67. The van der Waals surface area contributed by atoms with Gasteiger partial charge in [-0.05, 0) is 38.3 Å². The van der Waals surface area contributed by atoms with Gasteiger partial charge in [-0.15, -0.1) is 0 Å². The molecule has 5 heteroatoms. The first-order chi connectivity index (χ1) is 15.5. The van der Waals surface area contributed by atoms with Crippen LogP contribution in [0.1, 0.15) is 66.6 Å². The first-order valence-electron chi connectivity index (χ1n) is 11.6. The van der Waals surface area contributed by atoms with Crippen LogP contribution in [0.15, 0.2) is 60.8 Å². The van der Waals surface area contributed by atoms with Crippen LogP contribution in [0.3, 0.4) is 0 Å². The minimum absolute atomic E-state index is 0.104. The van der Waals surface area contributed by atoms with Gasteiger partial charge < -0.3 is 10.2 Å². The maximum Gasteiger partial charge on any atom is 0.257 e. The number of carbonyl (C=O) groups is 1. The Morgan fingerprint density at radius 3 is 2.53 bits per heavy atom. The molecule has 1 unspecified atom stereocenters. The summed E-state index contributed by atoms with van der Waals surface area (Å²) in [5.41, 5.74) is 3.72. The van der Waals surface area contributed by atoms with Crippen LogP contribution in [0.25, 0.3) is 11.4 Å². The third-order valence-electron chi connectivity index (χ3n) is 6.39. The SMILES string of the molecule is Cc1cccc(-c2ncc(C(=O)NC(C)c3ccccc3)c(N(C)C3CCCCC3)n2)c1. The molecule has 1 N–H and O–H groups in total. The van der Waals surface area contributed by atoms with E-state index in [1.165, 1.54) is 19.3 Å². The van der Waals surface area contributed by atoms with Crippen molar-refractivity contribution in [1.82, 2.24) is 15.3 Å². The number of hydrogen-bond acceptors (Lipinski definition) is 4. The standard InChI is InChI=1S/C27H32N4O/c1-19-11-10-14-22(17-19)25-28-18-24(26(30-25)31(3)23-15-8-5-9-16-23)27(32)29-20(2)21-12-6-4-7-13-21/h4,6-7,10-14,17-18,20,23H,5,8-9,15-16H2,1-3H3,(H,29,32). The smallest absolute Gasteiger partial charge is 0.257 e. The number of rotatable bonds is 6. The van der Waals surface area contributed by atoms with Gasteiger partial charge >= 0.3 is 0 Å². The van der Waals surface area contributed by atoms with E-state index in [0.29, 0.717) is 23.2 Å². The molecule has 5 nitrogen and oxygen atoms in total. The number of benzene rings is 2. The van der Waals surface area contributed by atoms with Crippen LogP contribution < -0.4 is 10.2 Å². The molecule has 0 saturated heterocycles. The van der Waals surface area contributed by atoms with Crippen LogP contribution in [0.5, 0.6) is 0 Å². The summed E-state index contributed by atoms with van der Waals surface area (Å²) in [7, 11) is 2.07. The molecular formula is C27H32N4O. The summed E-state index contributed by atoms with van der Waals surface area (Å²) in [5.74, 6) is 1.22. The van der Waals surface area contributed by atoms with Crippen molar-refractivity contribution in [3.63, 3.8) is 0 Å². The van der Waals surface area contributed by atoms with Crippen LogP contribution in [-0.4, -0.2) is 29.0 Å². The van der Waals surface area contributed by atoms with E-state index >= 15 is 0 Å². The number of aromatic nitrogens is 2. The van der Waals surface area contributed by atoms with Gasteiger partial charge in [0.2, 0.25) is 0 Å². The van der Waals surface area contributed by atoms with Crippen LogP contribution in [0, 0.1) is 6.92 Å². The molecule has 1 amide bonds. The van der Waals surface area contributed by atoms with Crippen LogP contribution in [0.2, 0.25) is 0 Å². The normalized spacial score (nSPS) is 15.2. The van der Waals surface area contributed by atoms with Gasteiger partial charge in [-0.3, -0.25) is 4.79 Å². The van der Waals surface area contributed by atoms with Crippen molar-refractivity contribution < 1.29 is 4.79 Å². The maximum absolute atomic E-state index is 13.3. The topological polar surface area (TPSA) is 58.1 Å². The lowest BCUT2D eigenvalue weighted by molar-refractivity contribution is 0.0939. The molecule has 1 aliphatic rings. The zero-order chi connectivity index (χ0) is 22.5. The van der Waals surface area contributed by atoms with E-state index in [0.717, 1.165) is 29.5 Å². The molecule has 0 radical (unpaired) electrons. The van der Waals surface area contributed by atoms with Gasteiger partial charge in [-0.1, -0.05) is 73.4 Å². The minimum Gasteiger partial charge on any atom is -0.356 e. The van der Waals surface area contributed by atoms with Crippen molar-refractivity contribution in [2.75, 3.05) is 11.9 Å². The molecule has 1 heterocycles. The highest BCUT2D eigenvalue weighted by Crippen LogP contribution is 2.29. The molecule has 1 aromatic heterocycles.